The van der Waals surface area contributed by atoms with Gasteiger partial charge in [0.1, 0.15) is 11.4 Å². The molecule has 2 aromatic heterocycles. The van der Waals surface area contributed by atoms with E-state index in [0.717, 1.165) is 35.2 Å². The molecule has 2 heterocycles. The van der Waals surface area contributed by atoms with Gasteiger partial charge in [-0.25, -0.2) is 14.4 Å². The zero-order chi connectivity index (χ0) is 28.0. The Morgan fingerprint density at radius 1 is 1.15 bits per heavy atom. The number of H-pyrrole nitrogens is 1. The van der Waals surface area contributed by atoms with E-state index in [1.165, 1.54) is 25.6 Å². The van der Waals surface area contributed by atoms with Crippen LogP contribution in [0, 0.1) is 12.7 Å². The molecule has 1 fully saturated rings. The first kappa shape index (κ1) is 25.9. The summed E-state index contributed by atoms with van der Waals surface area (Å²) < 4.78 is 20.0. The monoisotopic (exact) mass is 560 g/mol. The second-order valence-corrected chi connectivity index (χ2v) is 10.7. The lowest BCUT2D eigenvalue weighted by atomic mass is 9.94. The molecule has 0 bridgehead atoms. The Labute approximate surface area is 234 Å². The predicted octanol–water partition coefficient (Wildman–Crippen LogP) is 4.71. The lowest BCUT2D eigenvalue weighted by Crippen LogP contribution is -2.49. The number of halogens is 2. The van der Waals surface area contributed by atoms with Crippen molar-refractivity contribution in [1.82, 2.24) is 30.8 Å². The van der Waals surface area contributed by atoms with Crippen LogP contribution in [-0.2, 0) is 11.2 Å². The average Bonchev–Trinajstić information content (AvgIpc) is 3.43. The number of aromatic amines is 1. The summed E-state index contributed by atoms with van der Waals surface area (Å²) in [6, 6.07) is 10.7. The van der Waals surface area contributed by atoms with E-state index in [1.807, 2.05) is 25.1 Å². The van der Waals surface area contributed by atoms with Crippen molar-refractivity contribution in [2.45, 2.75) is 44.2 Å². The van der Waals surface area contributed by atoms with Crippen LogP contribution < -0.4 is 15.4 Å². The Morgan fingerprint density at radius 2 is 1.93 bits per heavy atom. The maximum absolute atomic E-state index is 15.1. The molecule has 2 aromatic carbocycles. The van der Waals surface area contributed by atoms with Gasteiger partial charge in [-0.2, -0.15) is 5.10 Å². The number of carbonyl (C=O) groups excluding carboxylic acids is 2. The number of benzene rings is 2. The Bertz CT molecular complexity index is 1630. The molecule has 3 N–H and O–H groups in total. The fraction of sp³-hybridized carbons (Fsp3) is 0.276. The minimum Gasteiger partial charge on any atom is -0.467 e. The summed E-state index contributed by atoms with van der Waals surface area (Å²) in [4.78, 5) is 33.9. The van der Waals surface area contributed by atoms with Gasteiger partial charge in [0.25, 0.3) is 5.91 Å². The first-order valence-electron chi connectivity index (χ1n) is 12.9. The largest absolute Gasteiger partial charge is 0.467 e. The van der Waals surface area contributed by atoms with E-state index in [1.54, 1.807) is 12.1 Å². The van der Waals surface area contributed by atoms with Crippen LogP contribution in [0.3, 0.4) is 0 Å². The van der Waals surface area contributed by atoms with Gasteiger partial charge in [-0.15, -0.1) is 0 Å². The fourth-order valence-corrected chi connectivity index (χ4v) is 5.41. The van der Waals surface area contributed by atoms with Crippen LogP contribution in [0.4, 0.5) is 4.39 Å². The van der Waals surface area contributed by atoms with Crippen molar-refractivity contribution in [2.24, 2.45) is 0 Å². The molecule has 0 unspecified atom stereocenters. The summed E-state index contributed by atoms with van der Waals surface area (Å²) in [7, 11) is 1.44. The minimum absolute atomic E-state index is 0.159. The molecule has 6 rings (SSSR count). The van der Waals surface area contributed by atoms with E-state index in [9.17, 15) is 9.59 Å². The van der Waals surface area contributed by atoms with Crippen molar-refractivity contribution in [3.8, 4) is 28.4 Å². The topological polar surface area (TPSA) is 122 Å². The van der Waals surface area contributed by atoms with Crippen LogP contribution in [0.5, 0.6) is 6.01 Å². The quantitative estimate of drug-likeness (QED) is 0.301. The van der Waals surface area contributed by atoms with Gasteiger partial charge in [-0.3, -0.25) is 14.7 Å². The zero-order valence-electron chi connectivity index (χ0n) is 21.8. The lowest BCUT2D eigenvalue weighted by Gasteiger charge is -2.21. The molecule has 2 amide bonds. The van der Waals surface area contributed by atoms with E-state index >= 15 is 4.39 Å². The normalized spacial score (nSPS) is 16.8. The highest BCUT2D eigenvalue weighted by molar-refractivity contribution is 6.31. The van der Waals surface area contributed by atoms with E-state index < -0.39 is 17.3 Å². The maximum atomic E-state index is 15.1. The van der Waals surface area contributed by atoms with Crippen molar-refractivity contribution in [3.05, 3.63) is 82.0 Å². The Kier molecular flexibility index (Phi) is 6.50. The van der Waals surface area contributed by atoms with Crippen molar-refractivity contribution in [3.63, 3.8) is 0 Å². The number of hydrogen-bond donors (Lipinski definition) is 3. The highest BCUT2D eigenvalue weighted by Crippen LogP contribution is 2.41. The molecule has 0 saturated heterocycles. The SMILES string of the molecule is COc1ncc(C(=O)NC2(C(=O)N[C@H]3CCc4cc(-c5cc(Cl)cc(F)c5-c5cc(C)[nH]n5)ccc43)CC2)cn1. The van der Waals surface area contributed by atoms with Gasteiger partial charge in [0.05, 0.1) is 24.4 Å². The summed E-state index contributed by atoms with van der Waals surface area (Å²) in [6.07, 6.45) is 5.30. The molecule has 0 spiro atoms. The summed E-state index contributed by atoms with van der Waals surface area (Å²) in [5.41, 5.74) is 4.54. The smallest absolute Gasteiger partial charge is 0.316 e. The molecule has 1 saturated carbocycles. The molecule has 2 aliphatic rings. The number of hydrogen-bond acceptors (Lipinski definition) is 6. The minimum atomic E-state index is -0.950. The van der Waals surface area contributed by atoms with Crippen molar-refractivity contribution in [1.29, 1.82) is 0 Å². The van der Waals surface area contributed by atoms with Gasteiger partial charge in [-0.05, 0) is 73.1 Å². The molecule has 1 atom stereocenters. The predicted molar refractivity (Wildman–Crippen MR) is 146 cm³/mol. The second-order valence-electron chi connectivity index (χ2n) is 10.2. The van der Waals surface area contributed by atoms with Crippen LogP contribution in [0.25, 0.3) is 22.4 Å². The third-order valence-electron chi connectivity index (χ3n) is 7.46. The first-order valence-corrected chi connectivity index (χ1v) is 13.3. The fourth-order valence-electron chi connectivity index (χ4n) is 5.20. The maximum Gasteiger partial charge on any atom is 0.316 e. The van der Waals surface area contributed by atoms with Crippen molar-refractivity contribution >= 4 is 23.4 Å². The van der Waals surface area contributed by atoms with Crippen LogP contribution in [0.2, 0.25) is 5.02 Å². The molecule has 0 radical (unpaired) electrons. The molecule has 0 aliphatic heterocycles. The molecular formula is C29H26ClFN6O3. The summed E-state index contributed by atoms with van der Waals surface area (Å²) in [5.74, 6) is -1.08. The van der Waals surface area contributed by atoms with Gasteiger partial charge in [-0.1, -0.05) is 29.8 Å². The Morgan fingerprint density at radius 3 is 2.60 bits per heavy atom. The van der Waals surface area contributed by atoms with Gasteiger partial charge in [0.15, 0.2) is 0 Å². The van der Waals surface area contributed by atoms with Gasteiger partial charge >= 0.3 is 6.01 Å². The van der Waals surface area contributed by atoms with E-state index in [4.69, 9.17) is 16.3 Å². The highest BCUT2D eigenvalue weighted by Gasteiger charge is 2.52. The summed E-state index contributed by atoms with van der Waals surface area (Å²) in [6.45, 7) is 1.86. The summed E-state index contributed by atoms with van der Waals surface area (Å²) >= 11 is 6.24. The lowest BCUT2D eigenvalue weighted by molar-refractivity contribution is -0.124. The van der Waals surface area contributed by atoms with Gasteiger partial charge < -0.3 is 15.4 Å². The Balaban J connectivity index is 1.20. The number of aromatic nitrogens is 4. The third kappa shape index (κ3) is 4.79. The number of nitrogens with one attached hydrogen (secondary N) is 3. The molecule has 11 heteroatoms. The van der Waals surface area contributed by atoms with E-state index in [0.29, 0.717) is 34.7 Å². The molecule has 204 valence electrons. The second kappa shape index (κ2) is 10.0. The van der Waals surface area contributed by atoms with E-state index in [-0.39, 0.29) is 23.5 Å². The van der Waals surface area contributed by atoms with E-state index in [2.05, 4.69) is 30.8 Å². The number of fused-ring (bicyclic) bond motifs is 1. The average molecular weight is 561 g/mol. The highest BCUT2D eigenvalue weighted by atomic mass is 35.5. The van der Waals surface area contributed by atoms with Gasteiger partial charge in [0, 0.05) is 28.7 Å². The number of methoxy groups -OCH3 is 1. The van der Waals surface area contributed by atoms with Crippen LogP contribution in [-0.4, -0.2) is 44.6 Å². The summed E-state index contributed by atoms with van der Waals surface area (Å²) in [5, 5.41) is 13.4. The Hall–Kier alpha value is -4.31. The number of rotatable bonds is 7. The van der Waals surface area contributed by atoms with Gasteiger partial charge in [0.2, 0.25) is 5.91 Å². The first-order chi connectivity index (χ1) is 19.3. The molecule has 2 aliphatic carbocycles. The standard InChI is InChI=1S/C29H26ClFN6O3/c1-15-9-24(37-36-15)25-21(11-19(30)12-22(25)31)17-3-5-20-16(10-17)4-6-23(20)34-27(39)29(7-8-29)35-26(38)18-13-32-28(40-2)33-14-18/h3,5,9-14,23H,4,6-8H2,1-2H3,(H,34,39)(H,35,38)(H,36,37)/t23-/m0/s1. The third-order valence-corrected chi connectivity index (χ3v) is 7.68. The zero-order valence-corrected chi connectivity index (χ0v) is 22.6. The number of aryl methyl sites for hydroxylation is 2. The van der Waals surface area contributed by atoms with Crippen LogP contribution in [0.1, 0.15) is 52.5 Å². The molecule has 40 heavy (non-hydrogen) atoms. The van der Waals surface area contributed by atoms with Crippen LogP contribution >= 0.6 is 11.6 Å². The van der Waals surface area contributed by atoms with Crippen molar-refractivity contribution < 1.29 is 18.7 Å². The number of amides is 2. The number of carbonyl (C=O) groups is 2. The molecule has 9 nitrogen and oxygen atoms in total. The van der Waals surface area contributed by atoms with Crippen molar-refractivity contribution in [2.75, 3.05) is 7.11 Å². The molecular weight excluding hydrogens is 535 g/mol. The number of ether oxygens (including phenoxy) is 1. The molecule has 4 aromatic rings. The van der Waals surface area contributed by atoms with Crippen LogP contribution in [0.15, 0.2) is 48.8 Å². The number of nitrogens with zero attached hydrogens (tertiary/aromatic N) is 3.